The molecular weight excluding hydrogens is 543 g/mol. The Morgan fingerprint density at radius 2 is 1.42 bits per heavy atom. The number of hydrogen-bond acceptors (Lipinski definition) is 4. The molecule has 0 spiro atoms. The maximum atomic E-state index is 15.1. The third-order valence-corrected chi connectivity index (χ3v) is 7.31. The molecule has 1 unspecified atom stereocenters. The Balaban J connectivity index is 2.15. The van der Waals surface area contributed by atoms with Crippen LogP contribution in [0.5, 0.6) is 0 Å². The molecule has 0 radical (unpaired) electrons. The number of rotatable bonds is 5. The van der Waals surface area contributed by atoms with Crippen LogP contribution in [-0.4, -0.2) is 53.8 Å². The highest BCUT2D eigenvalue weighted by molar-refractivity contribution is 7.17. The van der Waals surface area contributed by atoms with Gasteiger partial charge in [0.2, 0.25) is 0 Å². The molecule has 0 aliphatic heterocycles. The smallest absolute Gasteiger partial charge is 0.384 e. The van der Waals surface area contributed by atoms with Gasteiger partial charge in [-0.05, 0) is 37.2 Å². The van der Waals surface area contributed by atoms with Crippen LogP contribution in [0.2, 0.25) is 0 Å². The number of hydrogen-bond donors (Lipinski definition) is 1. The lowest BCUT2D eigenvalue weighted by Gasteiger charge is -2.51. The fraction of sp³-hybridized carbons (Fsp3) is 0.700. The molecule has 0 aromatic carbocycles. The summed E-state index contributed by atoms with van der Waals surface area (Å²) >= 11 is 0.406. The van der Waals surface area contributed by atoms with Gasteiger partial charge < -0.3 is 10.1 Å². The lowest BCUT2D eigenvalue weighted by molar-refractivity contribution is -0.475. The fourth-order valence-corrected chi connectivity index (χ4v) is 5.41. The van der Waals surface area contributed by atoms with E-state index in [4.69, 9.17) is 4.74 Å². The average Bonchev–Trinajstić information content (AvgIpc) is 3.11. The van der Waals surface area contributed by atoms with Crippen molar-refractivity contribution in [3.8, 4) is 0 Å². The molecule has 2 aliphatic carbocycles. The van der Waals surface area contributed by atoms with E-state index < -0.39 is 57.7 Å². The summed E-state index contributed by atoms with van der Waals surface area (Å²) in [5.41, 5.74) is -7.26. The lowest BCUT2D eigenvalue weighted by Crippen LogP contribution is -2.86. The second-order valence-corrected chi connectivity index (χ2v) is 9.78. The Bertz CT molecular complexity index is 1040. The Kier molecular flexibility index (Phi) is 6.67. The number of esters is 1. The van der Waals surface area contributed by atoms with Crippen LogP contribution in [0.25, 0.3) is 0 Å². The van der Waals surface area contributed by atoms with E-state index in [2.05, 4.69) is 0 Å². The molecule has 1 amide bonds. The number of alkyl halides is 11. The predicted octanol–water partition coefficient (Wildman–Crippen LogP) is 6.28. The molecule has 2 aliphatic rings. The SMILES string of the molecule is CCCOC(=O)c1c(NC(=O)C2(F)C(F)(F)C(F)(F)C(F)(F)C(F)(F)C2(F)F)sc2c1CCC(C)C2. The highest BCUT2D eigenvalue weighted by Crippen LogP contribution is 2.69. The number of amides is 1. The molecule has 1 atom stereocenters. The van der Waals surface area contributed by atoms with Crippen LogP contribution in [0, 0.1) is 5.92 Å². The van der Waals surface area contributed by atoms with E-state index in [1.807, 2.05) is 0 Å². The van der Waals surface area contributed by atoms with Crippen LogP contribution in [0.4, 0.5) is 53.3 Å². The molecule has 16 heteroatoms. The molecule has 1 aromatic heterocycles. The van der Waals surface area contributed by atoms with Crippen LogP contribution in [0.15, 0.2) is 0 Å². The third-order valence-electron chi connectivity index (χ3n) is 6.14. The fourth-order valence-electron chi connectivity index (χ4n) is 4.02. The van der Waals surface area contributed by atoms with E-state index in [1.54, 1.807) is 13.8 Å². The van der Waals surface area contributed by atoms with Crippen LogP contribution in [0.3, 0.4) is 0 Å². The van der Waals surface area contributed by atoms with Crippen molar-refractivity contribution in [1.29, 1.82) is 0 Å². The van der Waals surface area contributed by atoms with Gasteiger partial charge in [-0.15, -0.1) is 11.3 Å². The molecule has 0 saturated heterocycles. The van der Waals surface area contributed by atoms with E-state index in [9.17, 15) is 53.5 Å². The van der Waals surface area contributed by atoms with Crippen LogP contribution in [0.1, 0.15) is 47.5 Å². The van der Waals surface area contributed by atoms with Crippen LogP contribution < -0.4 is 5.32 Å². The summed E-state index contributed by atoms with van der Waals surface area (Å²) in [5, 5.41) is 0.187. The minimum absolute atomic E-state index is 0.0154. The zero-order chi connectivity index (χ0) is 27.7. The van der Waals surface area contributed by atoms with Crippen molar-refractivity contribution < 1.29 is 62.6 Å². The molecule has 1 heterocycles. The van der Waals surface area contributed by atoms with Crippen molar-refractivity contribution in [2.45, 2.75) is 74.8 Å². The van der Waals surface area contributed by atoms with Gasteiger partial charge in [0.05, 0.1) is 12.2 Å². The lowest BCUT2D eigenvalue weighted by atomic mass is 9.71. The molecule has 1 N–H and O–H groups in total. The number of carbonyl (C=O) groups excluding carboxylic acids is 2. The minimum Gasteiger partial charge on any atom is -0.462 e. The maximum absolute atomic E-state index is 15.1. The summed E-state index contributed by atoms with van der Waals surface area (Å²) in [6.07, 6.45) is 1.09. The van der Waals surface area contributed by atoms with Gasteiger partial charge in [-0.3, -0.25) is 4.79 Å². The first kappa shape index (κ1) is 28.4. The second kappa shape index (κ2) is 8.45. The first-order valence-electron chi connectivity index (χ1n) is 10.4. The number of ether oxygens (including phenoxy) is 1. The molecule has 1 aromatic rings. The van der Waals surface area contributed by atoms with Gasteiger partial charge >= 0.3 is 41.3 Å². The minimum atomic E-state index is -7.43. The number of fused-ring (bicyclic) bond motifs is 1. The molecule has 1 fully saturated rings. The molecular formula is C20H18F11NO3S. The molecule has 1 saturated carbocycles. The van der Waals surface area contributed by atoms with Crippen LogP contribution in [-0.2, 0) is 22.4 Å². The monoisotopic (exact) mass is 561 g/mol. The van der Waals surface area contributed by atoms with Crippen molar-refractivity contribution >= 4 is 28.2 Å². The van der Waals surface area contributed by atoms with Crippen molar-refractivity contribution in [3.05, 3.63) is 16.0 Å². The van der Waals surface area contributed by atoms with Gasteiger partial charge in [0.15, 0.2) is 0 Å². The second-order valence-electron chi connectivity index (χ2n) is 8.68. The summed E-state index contributed by atoms with van der Waals surface area (Å²) < 4.78 is 159. The van der Waals surface area contributed by atoms with E-state index in [1.165, 1.54) is 0 Å². The van der Waals surface area contributed by atoms with Crippen molar-refractivity contribution in [1.82, 2.24) is 0 Å². The number of anilines is 1. The molecule has 204 valence electrons. The third kappa shape index (κ3) is 3.37. The zero-order valence-corrected chi connectivity index (χ0v) is 19.2. The highest BCUT2D eigenvalue weighted by atomic mass is 32.1. The first-order chi connectivity index (χ1) is 16.2. The predicted molar refractivity (Wildman–Crippen MR) is 103 cm³/mol. The number of halogens is 11. The van der Waals surface area contributed by atoms with Gasteiger partial charge in [0, 0.05) is 4.88 Å². The molecule has 3 rings (SSSR count). The molecule has 36 heavy (non-hydrogen) atoms. The quantitative estimate of drug-likeness (QED) is 0.341. The van der Waals surface area contributed by atoms with E-state index in [0.29, 0.717) is 22.6 Å². The van der Waals surface area contributed by atoms with Gasteiger partial charge in [0.25, 0.3) is 5.91 Å². The van der Waals surface area contributed by atoms with E-state index >= 15 is 4.39 Å². The van der Waals surface area contributed by atoms with E-state index in [0.717, 1.165) is 5.32 Å². The van der Waals surface area contributed by atoms with Crippen molar-refractivity contribution in [2.75, 3.05) is 11.9 Å². The number of carbonyl (C=O) groups is 2. The van der Waals surface area contributed by atoms with Crippen molar-refractivity contribution in [2.24, 2.45) is 5.92 Å². The largest absolute Gasteiger partial charge is 0.462 e. The maximum Gasteiger partial charge on any atom is 0.384 e. The Morgan fingerprint density at radius 1 is 0.917 bits per heavy atom. The molecule has 4 nitrogen and oxygen atoms in total. The Hall–Kier alpha value is -2.13. The summed E-state index contributed by atoms with van der Waals surface area (Å²) in [4.78, 5) is 25.2. The number of nitrogens with one attached hydrogen (secondary N) is 1. The Morgan fingerprint density at radius 3 is 1.92 bits per heavy atom. The van der Waals surface area contributed by atoms with E-state index in [-0.39, 0.29) is 37.4 Å². The zero-order valence-electron chi connectivity index (χ0n) is 18.4. The van der Waals surface area contributed by atoms with Gasteiger partial charge in [-0.1, -0.05) is 13.8 Å². The summed E-state index contributed by atoms with van der Waals surface area (Å²) in [7, 11) is 0. The topological polar surface area (TPSA) is 55.4 Å². The summed E-state index contributed by atoms with van der Waals surface area (Å²) in [6.45, 7) is 3.14. The molecule has 0 bridgehead atoms. The average molecular weight is 561 g/mol. The summed E-state index contributed by atoms with van der Waals surface area (Å²) in [5.74, 6) is -41.6. The van der Waals surface area contributed by atoms with Crippen molar-refractivity contribution in [3.63, 3.8) is 0 Å². The van der Waals surface area contributed by atoms with Gasteiger partial charge in [-0.25, -0.2) is 9.18 Å². The Labute approximate surface area is 200 Å². The van der Waals surface area contributed by atoms with Gasteiger partial charge in [-0.2, -0.15) is 43.9 Å². The van der Waals surface area contributed by atoms with Gasteiger partial charge in [0.1, 0.15) is 5.00 Å². The normalized spacial score (nSPS) is 26.5. The highest BCUT2D eigenvalue weighted by Gasteiger charge is 3.02. The van der Waals surface area contributed by atoms with Crippen LogP contribution >= 0.6 is 11.3 Å². The number of thiophene rings is 1. The first-order valence-corrected chi connectivity index (χ1v) is 11.3. The standard InChI is InChI=1S/C20H18F11NO3S/c1-3-6-35-13(33)11-9-5-4-8(2)7-10(9)36-12(11)32-14(34)15(21)16(22,23)18(26,27)20(30,31)19(28,29)17(15,24)25/h8H,3-7H2,1-2H3,(H,32,34). The summed E-state index contributed by atoms with van der Waals surface area (Å²) in [6, 6.07) is 0.